The highest BCUT2D eigenvalue weighted by Crippen LogP contribution is 2.35. The second-order valence-corrected chi connectivity index (χ2v) is 5.00. The maximum Gasteiger partial charge on any atom is 0.144 e. The third kappa shape index (κ3) is 1.62. The first-order chi connectivity index (χ1) is 7.84. The molecular formula is C11H12N4S. The van der Waals surface area contributed by atoms with E-state index in [9.17, 15) is 0 Å². The number of nitrogens with zero attached hydrogens (tertiary/aromatic N) is 3. The fraction of sp³-hybridized carbons (Fsp3) is 0.364. The number of thiazole rings is 1. The summed E-state index contributed by atoms with van der Waals surface area (Å²) in [6.45, 7) is 0. The summed E-state index contributed by atoms with van der Waals surface area (Å²) < 4.78 is 0. The first-order valence-corrected chi connectivity index (χ1v) is 6.18. The molecule has 2 N–H and O–H groups in total. The van der Waals surface area contributed by atoms with Crippen LogP contribution in [-0.4, -0.2) is 15.0 Å². The van der Waals surface area contributed by atoms with Crippen molar-refractivity contribution in [3.05, 3.63) is 29.2 Å². The minimum Gasteiger partial charge on any atom is -0.323 e. The van der Waals surface area contributed by atoms with Crippen LogP contribution >= 0.6 is 11.3 Å². The van der Waals surface area contributed by atoms with Crippen molar-refractivity contribution in [3.63, 3.8) is 0 Å². The van der Waals surface area contributed by atoms with E-state index in [2.05, 4.69) is 15.0 Å². The zero-order chi connectivity index (χ0) is 11.0. The van der Waals surface area contributed by atoms with Gasteiger partial charge in [0.2, 0.25) is 0 Å². The van der Waals surface area contributed by atoms with Crippen LogP contribution in [-0.2, 0) is 6.42 Å². The summed E-state index contributed by atoms with van der Waals surface area (Å²) in [5, 5.41) is 0.940. The lowest BCUT2D eigenvalue weighted by atomic mass is 9.99. The molecular weight excluding hydrogens is 220 g/mol. The van der Waals surface area contributed by atoms with E-state index in [0.717, 1.165) is 35.7 Å². The van der Waals surface area contributed by atoms with Gasteiger partial charge in [-0.25, -0.2) is 4.98 Å². The van der Waals surface area contributed by atoms with Crippen molar-refractivity contribution in [1.29, 1.82) is 0 Å². The molecule has 0 saturated heterocycles. The molecule has 0 aromatic carbocycles. The SMILES string of the molecule is NC1CCCc2sc(-c3cnccn3)nc21. The van der Waals surface area contributed by atoms with E-state index < -0.39 is 0 Å². The van der Waals surface area contributed by atoms with Gasteiger partial charge in [0, 0.05) is 23.3 Å². The molecule has 0 radical (unpaired) electrons. The number of aromatic nitrogens is 3. The van der Waals surface area contributed by atoms with Crippen LogP contribution < -0.4 is 5.73 Å². The van der Waals surface area contributed by atoms with Gasteiger partial charge < -0.3 is 5.73 Å². The number of fused-ring (bicyclic) bond motifs is 1. The average molecular weight is 232 g/mol. The minimum atomic E-state index is 0.102. The maximum absolute atomic E-state index is 6.05. The predicted molar refractivity (Wildman–Crippen MR) is 63.0 cm³/mol. The van der Waals surface area contributed by atoms with Crippen LogP contribution in [0, 0.1) is 0 Å². The van der Waals surface area contributed by atoms with Crippen LogP contribution in [0.2, 0.25) is 0 Å². The van der Waals surface area contributed by atoms with E-state index in [1.807, 2.05) is 0 Å². The van der Waals surface area contributed by atoms with Gasteiger partial charge in [0.15, 0.2) is 0 Å². The van der Waals surface area contributed by atoms with Gasteiger partial charge in [-0.15, -0.1) is 11.3 Å². The highest BCUT2D eigenvalue weighted by Gasteiger charge is 2.22. The highest BCUT2D eigenvalue weighted by molar-refractivity contribution is 7.15. The van der Waals surface area contributed by atoms with Crippen molar-refractivity contribution >= 4 is 11.3 Å². The molecule has 1 unspecified atom stereocenters. The van der Waals surface area contributed by atoms with Crippen LogP contribution in [0.5, 0.6) is 0 Å². The average Bonchev–Trinajstić information content (AvgIpc) is 2.76. The van der Waals surface area contributed by atoms with E-state index in [4.69, 9.17) is 5.73 Å². The van der Waals surface area contributed by atoms with Crippen LogP contribution in [0.3, 0.4) is 0 Å². The summed E-state index contributed by atoms with van der Waals surface area (Å²) in [7, 11) is 0. The van der Waals surface area contributed by atoms with E-state index in [0.29, 0.717) is 0 Å². The van der Waals surface area contributed by atoms with Crippen LogP contribution in [0.4, 0.5) is 0 Å². The van der Waals surface area contributed by atoms with Gasteiger partial charge in [0.05, 0.1) is 11.9 Å². The molecule has 0 fully saturated rings. The quantitative estimate of drug-likeness (QED) is 0.816. The first-order valence-electron chi connectivity index (χ1n) is 5.36. The predicted octanol–water partition coefficient (Wildman–Crippen LogP) is 1.94. The molecule has 2 aromatic heterocycles. The van der Waals surface area contributed by atoms with Crippen molar-refractivity contribution in [3.8, 4) is 10.7 Å². The Hall–Kier alpha value is -1.33. The number of hydrogen-bond acceptors (Lipinski definition) is 5. The molecule has 2 aromatic rings. The van der Waals surface area contributed by atoms with Crippen LogP contribution in [0.1, 0.15) is 29.5 Å². The molecule has 5 heteroatoms. The highest BCUT2D eigenvalue weighted by atomic mass is 32.1. The van der Waals surface area contributed by atoms with Crippen molar-refractivity contribution in [1.82, 2.24) is 15.0 Å². The standard InChI is InChI=1S/C11H12N4S/c12-7-2-1-3-9-10(7)15-11(16-9)8-6-13-4-5-14-8/h4-7H,1-3,12H2. The first kappa shape index (κ1) is 9.86. The smallest absolute Gasteiger partial charge is 0.144 e. The summed E-state index contributed by atoms with van der Waals surface area (Å²) >= 11 is 1.70. The van der Waals surface area contributed by atoms with Crippen molar-refractivity contribution in [2.24, 2.45) is 5.73 Å². The van der Waals surface area contributed by atoms with Crippen molar-refractivity contribution in [2.45, 2.75) is 25.3 Å². The van der Waals surface area contributed by atoms with Gasteiger partial charge in [-0.3, -0.25) is 9.97 Å². The van der Waals surface area contributed by atoms with Gasteiger partial charge in [-0.05, 0) is 19.3 Å². The van der Waals surface area contributed by atoms with E-state index in [-0.39, 0.29) is 6.04 Å². The molecule has 16 heavy (non-hydrogen) atoms. The number of hydrogen-bond donors (Lipinski definition) is 1. The second-order valence-electron chi connectivity index (χ2n) is 3.92. The molecule has 2 heterocycles. The van der Waals surface area contributed by atoms with Crippen LogP contribution in [0.25, 0.3) is 10.7 Å². The number of rotatable bonds is 1. The summed E-state index contributed by atoms with van der Waals surface area (Å²) in [6.07, 6.45) is 8.40. The largest absolute Gasteiger partial charge is 0.323 e. The zero-order valence-corrected chi connectivity index (χ0v) is 9.57. The molecule has 1 atom stereocenters. The molecule has 3 rings (SSSR count). The topological polar surface area (TPSA) is 64.7 Å². The Bertz CT molecular complexity index is 494. The molecule has 1 aliphatic carbocycles. The summed E-state index contributed by atoms with van der Waals surface area (Å²) in [5.74, 6) is 0. The van der Waals surface area contributed by atoms with Crippen molar-refractivity contribution in [2.75, 3.05) is 0 Å². The Morgan fingerprint density at radius 1 is 1.38 bits per heavy atom. The lowest BCUT2D eigenvalue weighted by Crippen LogP contribution is -2.16. The van der Waals surface area contributed by atoms with Crippen LogP contribution in [0.15, 0.2) is 18.6 Å². The summed E-state index contributed by atoms with van der Waals surface area (Å²) in [6, 6.07) is 0.102. The van der Waals surface area contributed by atoms with Gasteiger partial charge in [0.1, 0.15) is 10.7 Å². The zero-order valence-electron chi connectivity index (χ0n) is 8.76. The molecule has 1 aliphatic rings. The fourth-order valence-electron chi connectivity index (χ4n) is 1.97. The van der Waals surface area contributed by atoms with Crippen molar-refractivity contribution < 1.29 is 0 Å². The molecule has 0 amide bonds. The molecule has 0 spiro atoms. The lowest BCUT2D eigenvalue weighted by Gasteiger charge is -2.15. The summed E-state index contributed by atoms with van der Waals surface area (Å²) in [5.41, 5.74) is 7.95. The Morgan fingerprint density at radius 3 is 3.06 bits per heavy atom. The van der Waals surface area contributed by atoms with Gasteiger partial charge in [0.25, 0.3) is 0 Å². The van der Waals surface area contributed by atoms with E-state index >= 15 is 0 Å². The van der Waals surface area contributed by atoms with Gasteiger partial charge in [-0.1, -0.05) is 0 Å². The third-order valence-corrected chi connectivity index (χ3v) is 3.93. The normalized spacial score (nSPS) is 19.4. The molecule has 0 bridgehead atoms. The summed E-state index contributed by atoms with van der Waals surface area (Å²) in [4.78, 5) is 14.2. The molecule has 4 nitrogen and oxygen atoms in total. The Labute approximate surface area is 97.6 Å². The third-order valence-electron chi connectivity index (χ3n) is 2.78. The molecule has 0 aliphatic heterocycles. The Morgan fingerprint density at radius 2 is 2.31 bits per heavy atom. The monoisotopic (exact) mass is 232 g/mol. The fourth-order valence-corrected chi connectivity index (χ4v) is 3.11. The lowest BCUT2D eigenvalue weighted by molar-refractivity contribution is 0.564. The Balaban J connectivity index is 2.05. The van der Waals surface area contributed by atoms with E-state index in [1.54, 1.807) is 29.9 Å². The number of aryl methyl sites for hydroxylation is 1. The molecule has 82 valence electrons. The maximum atomic E-state index is 6.05. The van der Waals surface area contributed by atoms with Gasteiger partial charge >= 0.3 is 0 Å². The molecule has 0 saturated carbocycles. The minimum absolute atomic E-state index is 0.102. The number of nitrogens with two attached hydrogens (primary N) is 1. The van der Waals surface area contributed by atoms with E-state index in [1.165, 1.54) is 4.88 Å². The van der Waals surface area contributed by atoms with Gasteiger partial charge in [-0.2, -0.15) is 0 Å². The second kappa shape index (κ2) is 3.92. The Kier molecular flexibility index (Phi) is 2.41.